The maximum atomic E-state index is 2.31. The highest BCUT2D eigenvalue weighted by Gasteiger charge is 2.12. The van der Waals surface area contributed by atoms with E-state index in [1.807, 2.05) is 45.3 Å². The molecule has 24 heavy (non-hydrogen) atoms. The summed E-state index contributed by atoms with van der Waals surface area (Å²) >= 11 is 7.60. The molecule has 0 aliphatic rings. The molecular formula is C20H18S4. The Morgan fingerprint density at radius 2 is 0.792 bits per heavy atom. The molecule has 0 atom stereocenters. The predicted octanol–water partition coefficient (Wildman–Crippen LogP) is 8.17. The normalized spacial score (nSPS) is 11.3. The van der Waals surface area contributed by atoms with E-state index in [-0.39, 0.29) is 0 Å². The second-order valence-corrected chi connectivity index (χ2v) is 10.7. The van der Waals surface area contributed by atoms with Gasteiger partial charge in [-0.15, -0.1) is 45.3 Å². The summed E-state index contributed by atoms with van der Waals surface area (Å²) in [7, 11) is 0. The Morgan fingerprint density at radius 3 is 1.08 bits per heavy atom. The Labute approximate surface area is 159 Å². The summed E-state index contributed by atoms with van der Waals surface area (Å²) in [4.78, 5) is 11.1. The highest BCUT2D eigenvalue weighted by Crippen LogP contribution is 2.43. The lowest BCUT2D eigenvalue weighted by Crippen LogP contribution is -1.63. The molecule has 4 aromatic heterocycles. The highest BCUT2D eigenvalue weighted by molar-refractivity contribution is 7.28. The number of hydrogen-bond donors (Lipinski definition) is 0. The average Bonchev–Trinajstić information content (AvgIpc) is 3.29. The van der Waals surface area contributed by atoms with E-state index in [2.05, 4.69) is 64.1 Å². The average molecular weight is 387 g/mol. The van der Waals surface area contributed by atoms with Crippen molar-refractivity contribution >= 4 is 45.3 Å². The van der Waals surface area contributed by atoms with E-state index in [1.54, 1.807) is 0 Å². The van der Waals surface area contributed by atoms with Crippen LogP contribution in [-0.4, -0.2) is 0 Å². The predicted molar refractivity (Wildman–Crippen MR) is 113 cm³/mol. The monoisotopic (exact) mass is 386 g/mol. The van der Waals surface area contributed by atoms with Gasteiger partial charge in [-0.3, -0.25) is 0 Å². The van der Waals surface area contributed by atoms with Crippen LogP contribution in [0.3, 0.4) is 0 Å². The molecule has 0 aliphatic carbocycles. The molecule has 4 heteroatoms. The molecule has 0 unspecified atom stereocenters. The second-order valence-electron chi connectivity index (χ2n) is 6.03. The van der Waals surface area contributed by atoms with E-state index < -0.39 is 0 Å². The van der Waals surface area contributed by atoms with E-state index in [1.165, 1.54) is 50.1 Å². The molecule has 0 amide bonds. The fraction of sp³-hybridized carbons (Fsp3) is 0.200. The number of thiophene rings is 4. The Kier molecular flexibility index (Phi) is 4.25. The summed E-state index contributed by atoms with van der Waals surface area (Å²) in [5.74, 6) is 0. The van der Waals surface area contributed by atoms with Gasteiger partial charge in [-0.25, -0.2) is 0 Å². The Morgan fingerprint density at radius 1 is 0.458 bits per heavy atom. The third-order valence-electron chi connectivity index (χ3n) is 4.27. The van der Waals surface area contributed by atoms with Crippen molar-refractivity contribution in [3.8, 4) is 29.3 Å². The maximum Gasteiger partial charge on any atom is 0.0449 e. The number of rotatable bonds is 3. The minimum Gasteiger partial charge on any atom is -0.139 e. The molecule has 0 radical (unpaired) electrons. The van der Waals surface area contributed by atoms with Crippen molar-refractivity contribution in [3.05, 3.63) is 57.3 Å². The van der Waals surface area contributed by atoms with Crippen molar-refractivity contribution in [2.45, 2.75) is 27.7 Å². The van der Waals surface area contributed by atoms with Crippen molar-refractivity contribution in [1.29, 1.82) is 0 Å². The summed E-state index contributed by atoms with van der Waals surface area (Å²) in [6, 6.07) is 13.7. The van der Waals surface area contributed by atoms with Crippen molar-refractivity contribution in [2.75, 3.05) is 0 Å². The largest absolute Gasteiger partial charge is 0.139 e. The van der Waals surface area contributed by atoms with Gasteiger partial charge in [0.1, 0.15) is 0 Å². The van der Waals surface area contributed by atoms with Gasteiger partial charge in [-0.05, 0) is 75.2 Å². The molecule has 0 nitrogen and oxygen atoms in total. The molecule has 0 spiro atoms. The smallest absolute Gasteiger partial charge is 0.0449 e. The third kappa shape index (κ3) is 2.93. The lowest BCUT2D eigenvalue weighted by Gasteiger charge is -1.92. The molecule has 0 saturated carbocycles. The van der Waals surface area contributed by atoms with Gasteiger partial charge in [0.15, 0.2) is 0 Å². The topological polar surface area (TPSA) is 0 Å². The fourth-order valence-corrected chi connectivity index (χ4v) is 6.93. The van der Waals surface area contributed by atoms with E-state index in [9.17, 15) is 0 Å². The van der Waals surface area contributed by atoms with Gasteiger partial charge in [-0.1, -0.05) is 0 Å². The van der Waals surface area contributed by atoms with Gasteiger partial charge >= 0.3 is 0 Å². The van der Waals surface area contributed by atoms with Gasteiger partial charge in [0.2, 0.25) is 0 Å². The van der Waals surface area contributed by atoms with Crippen LogP contribution in [0.15, 0.2) is 36.4 Å². The molecule has 0 bridgehead atoms. The summed E-state index contributed by atoms with van der Waals surface area (Å²) in [5.41, 5.74) is 2.79. The zero-order valence-electron chi connectivity index (χ0n) is 14.1. The first-order valence-corrected chi connectivity index (χ1v) is 11.1. The fourth-order valence-electron chi connectivity index (χ4n) is 2.59. The van der Waals surface area contributed by atoms with Gasteiger partial charge in [-0.2, -0.15) is 0 Å². The van der Waals surface area contributed by atoms with Crippen LogP contribution in [0.1, 0.15) is 20.9 Å². The number of aryl methyl sites for hydroxylation is 4. The van der Waals surface area contributed by atoms with Gasteiger partial charge in [0.25, 0.3) is 0 Å². The van der Waals surface area contributed by atoms with Gasteiger partial charge in [0.05, 0.1) is 0 Å². The molecule has 0 fully saturated rings. The van der Waals surface area contributed by atoms with E-state index in [4.69, 9.17) is 0 Å². The molecule has 0 N–H and O–H groups in total. The standard InChI is InChI=1S/C20H18S4/c1-11-9-19(21-13(11)3)17-7-5-15(23-17)16-6-8-18(24-16)20-10-12(2)14(4)22-20/h5-10H,1-4H3. The van der Waals surface area contributed by atoms with E-state index in [0.717, 1.165) is 0 Å². The van der Waals surface area contributed by atoms with Gasteiger partial charge in [0, 0.05) is 39.0 Å². The first-order valence-electron chi connectivity index (χ1n) is 7.86. The quantitative estimate of drug-likeness (QED) is 0.333. The van der Waals surface area contributed by atoms with Crippen molar-refractivity contribution in [2.24, 2.45) is 0 Å². The van der Waals surface area contributed by atoms with Crippen molar-refractivity contribution in [1.82, 2.24) is 0 Å². The summed E-state index contributed by atoms with van der Waals surface area (Å²) in [5, 5.41) is 0. The van der Waals surface area contributed by atoms with Crippen LogP contribution in [0.5, 0.6) is 0 Å². The van der Waals surface area contributed by atoms with Crippen molar-refractivity contribution in [3.63, 3.8) is 0 Å². The molecule has 4 heterocycles. The minimum absolute atomic E-state index is 1.37. The van der Waals surface area contributed by atoms with Crippen molar-refractivity contribution < 1.29 is 0 Å². The molecule has 4 rings (SSSR count). The van der Waals surface area contributed by atoms with Crippen LogP contribution in [0.25, 0.3) is 29.3 Å². The first-order chi connectivity index (χ1) is 11.5. The second kappa shape index (κ2) is 6.26. The summed E-state index contributed by atoms with van der Waals surface area (Å²) in [6.07, 6.45) is 0. The van der Waals surface area contributed by atoms with Gasteiger partial charge < -0.3 is 0 Å². The molecular weight excluding hydrogens is 368 g/mol. The zero-order valence-corrected chi connectivity index (χ0v) is 17.4. The Bertz CT molecular complexity index is 885. The van der Waals surface area contributed by atoms with E-state index >= 15 is 0 Å². The lowest BCUT2D eigenvalue weighted by molar-refractivity contribution is 1.44. The third-order valence-corrected chi connectivity index (χ3v) is 9.34. The minimum atomic E-state index is 1.37. The summed E-state index contributed by atoms with van der Waals surface area (Å²) < 4.78 is 0. The molecule has 0 saturated heterocycles. The Balaban J connectivity index is 1.65. The molecule has 4 aromatic rings. The van der Waals surface area contributed by atoms with Crippen LogP contribution < -0.4 is 0 Å². The van der Waals surface area contributed by atoms with Crippen LogP contribution in [-0.2, 0) is 0 Å². The lowest BCUT2D eigenvalue weighted by atomic mass is 10.2. The van der Waals surface area contributed by atoms with Crippen LogP contribution in [0.4, 0.5) is 0 Å². The maximum absolute atomic E-state index is 2.31. The van der Waals surface area contributed by atoms with Crippen LogP contribution in [0.2, 0.25) is 0 Å². The molecule has 0 aliphatic heterocycles. The molecule has 122 valence electrons. The zero-order chi connectivity index (χ0) is 16.8. The first kappa shape index (κ1) is 16.3. The van der Waals surface area contributed by atoms with E-state index in [0.29, 0.717) is 0 Å². The van der Waals surface area contributed by atoms with Crippen LogP contribution in [0, 0.1) is 27.7 Å². The number of hydrogen-bond acceptors (Lipinski definition) is 4. The Hall–Kier alpha value is -1.20. The van der Waals surface area contributed by atoms with Crippen LogP contribution >= 0.6 is 45.3 Å². The SMILES string of the molecule is Cc1cc(-c2ccc(-c3ccc(-c4cc(C)c(C)s4)s3)s2)sc1C. The highest BCUT2D eigenvalue weighted by atomic mass is 32.1. The summed E-state index contributed by atoms with van der Waals surface area (Å²) in [6.45, 7) is 8.80. The molecule has 0 aromatic carbocycles.